The molecule has 114 valence electrons. The fourth-order valence-corrected chi connectivity index (χ4v) is 2.44. The quantitative estimate of drug-likeness (QED) is 0.851. The highest BCUT2D eigenvalue weighted by Crippen LogP contribution is 2.32. The van der Waals surface area contributed by atoms with Gasteiger partial charge in [0.05, 0.1) is 19.8 Å². The number of hydrogen-bond donors (Lipinski definition) is 1. The van der Waals surface area contributed by atoms with Gasteiger partial charge in [-0.2, -0.15) is 0 Å². The van der Waals surface area contributed by atoms with E-state index in [0.29, 0.717) is 6.61 Å². The molecule has 0 amide bonds. The van der Waals surface area contributed by atoms with Gasteiger partial charge >= 0.3 is 0 Å². The van der Waals surface area contributed by atoms with Gasteiger partial charge in [-0.1, -0.05) is 0 Å². The Morgan fingerprint density at radius 3 is 2.52 bits per heavy atom. The molecule has 0 spiro atoms. The van der Waals surface area contributed by atoms with Gasteiger partial charge in [0, 0.05) is 17.3 Å². The van der Waals surface area contributed by atoms with Crippen LogP contribution < -0.4 is 14.8 Å². The van der Waals surface area contributed by atoms with Crippen LogP contribution >= 0.6 is 0 Å². The van der Waals surface area contributed by atoms with Crippen molar-refractivity contribution in [3.63, 3.8) is 0 Å². The summed E-state index contributed by atoms with van der Waals surface area (Å²) in [5.41, 5.74) is 2.16. The van der Waals surface area contributed by atoms with Crippen LogP contribution in [0.3, 0.4) is 0 Å². The van der Waals surface area contributed by atoms with E-state index in [4.69, 9.17) is 13.9 Å². The van der Waals surface area contributed by atoms with E-state index < -0.39 is 0 Å². The normalized spacial score (nSPS) is 12.0. The predicted molar refractivity (Wildman–Crippen MR) is 84.4 cm³/mol. The molecule has 0 aliphatic carbocycles. The van der Waals surface area contributed by atoms with E-state index in [9.17, 15) is 0 Å². The highest BCUT2D eigenvalue weighted by atomic mass is 16.5. The molecule has 1 aromatic carbocycles. The lowest BCUT2D eigenvalue weighted by Gasteiger charge is -2.17. The van der Waals surface area contributed by atoms with E-state index in [1.165, 1.54) is 5.56 Å². The van der Waals surface area contributed by atoms with Crippen molar-refractivity contribution in [3.8, 4) is 11.5 Å². The number of furan rings is 1. The number of benzene rings is 1. The maximum Gasteiger partial charge on any atom is 0.163 e. The van der Waals surface area contributed by atoms with Crippen LogP contribution in [0.4, 0.5) is 5.69 Å². The first-order chi connectivity index (χ1) is 10.0. The summed E-state index contributed by atoms with van der Waals surface area (Å²) in [4.78, 5) is 0. The van der Waals surface area contributed by atoms with E-state index in [0.717, 1.165) is 28.7 Å². The average molecular weight is 289 g/mol. The van der Waals surface area contributed by atoms with Gasteiger partial charge in [0.25, 0.3) is 0 Å². The zero-order valence-corrected chi connectivity index (χ0v) is 13.3. The minimum atomic E-state index is 0.158. The van der Waals surface area contributed by atoms with E-state index >= 15 is 0 Å². The summed E-state index contributed by atoms with van der Waals surface area (Å²) in [5.74, 6) is 3.37. The molecule has 1 atom stereocenters. The number of hydrogen-bond acceptors (Lipinski definition) is 4. The minimum absolute atomic E-state index is 0.158. The molecule has 1 unspecified atom stereocenters. The maximum absolute atomic E-state index is 5.60. The van der Waals surface area contributed by atoms with Gasteiger partial charge in [-0.05, 0) is 45.9 Å². The molecule has 1 heterocycles. The molecule has 0 fully saturated rings. The summed E-state index contributed by atoms with van der Waals surface area (Å²) in [6.45, 7) is 8.63. The lowest BCUT2D eigenvalue weighted by molar-refractivity contribution is 0.311. The number of methoxy groups -OCH3 is 1. The Morgan fingerprint density at radius 1 is 1.19 bits per heavy atom. The maximum atomic E-state index is 5.60. The second kappa shape index (κ2) is 6.57. The van der Waals surface area contributed by atoms with Gasteiger partial charge in [-0.3, -0.25) is 0 Å². The van der Waals surface area contributed by atoms with Crippen LogP contribution in [0.2, 0.25) is 0 Å². The molecule has 21 heavy (non-hydrogen) atoms. The second-order valence-corrected chi connectivity index (χ2v) is 5.03. The smallest absolute Gasteiger partial charge is 0.163 e. The first-order valence-corrected chi connectivity index (χ1v) is 7.19. The number of nitrogens with one attached hydrogen (secondary N) is 1. The molecule has 0 aliphatic heterocycles. The van der Waals surface area contributed by atoms with Crippen LogP contribution in [0, 0.1) is 13.8 Å². The summed E-state index contributed by atoms with van der Waals surface area (Å²) in [6.07, 6.45) is 0. The molecule has 1 N–H and O–H groups in total. The average Bonchev–Trinajstić information content (AvgIpc) is 2.78. The SMILES string of the molecule is CCOc1cc(NC(C)c2cc(C)oc2C)ccc1OC. The Balaban J connectivity index is 2.19. The first-order valence-electron chi connectivity index (χ1n) is 7.19. The van der Waals surface area contributed by atoms with Crippen molar-refractivity contribution in [3.05, 3.63) is 41.3 Å². The fourth-order valence-electron chi connectivity index (χ4n) is 2.44. The van der Waals surface area contributed by atoms with Crippen LogP contribution in [0.25, 0.3) is 0 Å². The van der Waals surface area contributed by atoms with Crippen LogP contribution in [0.1, 0.15) is 37.0 Å². The van der Waals surface area contributed by atoms with E-state index in [-0.39, 0.29) is 6.04 Å². The highest BCUT2D eigenvalue weighted by Gasteiger charge is 2.13. The summed E-state index contributed by atoms with van der Waals surface area (Å²) < 4.78 is 16.5. The van der Waals surface area contributed by atoms with E-state index in [1.807, 2.05) is 39.0 Å². The van der Waals surface area contributed by atoms with Gasteiger partial charge in [0.1, 0.15) is 11.5 Å². The summed E-state index contributed by atoms with van der Waals surface area (Å²) in [5, 5.41) is 3.47. The van der Waals surface area contributed by atoms with E-state index in [1.54, 1.807) is 7.11 Å². The number of anilines is 1. The second-order valence-electron chi connectivity index (χ2n) is 5.03. The van der Waals surface area contributed by atoms with Crippen molar-refractivity contribution in [1.29, 1.82) is 0 Å². The van der Waals surface area contributed by atoms with Crippen molar-refractivity contribution >= 4 is 5.69 Å². The van der Waals surface area contributed by atoms with Gasteiger partial charge in [0.2, 0.25) is 0 Å². The van der Waals surface area contributed by atoms with Gasteiger partial charge in [-0.15, -0.1) is 0 Å². The molecule has 0 bridgehead atoms. The zero-order valence-electron chi connectivity index (χ0n) is 13.3. The number of aryl methyl sites for hydroxylation is 2. The Hall–Kier alpha value is -2.10. The third kappa shape index (κ3) is 3.51. The molecular formula is C17H23NO3. The van der Waals surface area contributed by atoms with Crippen molar-refractivity contribution in [1.82, 2.24) is 0 Å². The van der Waals surface area contributed by atoms with Gasteiger partial charge < -0.3 is 19.2 Å². The van der Waals surface area contributed by atoms with Crippen LogP contribution in [-0.2, 0) is 0 Å². The molecule has 2 aromatic rings. The molecule has 4 heteroatoms. The molecule has 2 rings (SSSR count). The highest BCUT2D eigenvalue weighted by molar-refractivity contribution is 5.55. The lowest BCUT2D eigenvalue weighted by Crippen LogP contribution is -2.07. The molecular weight excluding hydrogens is 266 g/mol. The Morgan fingerprint density at radius 2 is 1.95 bits per heavy atom. The minimum Gasteiger partial charge on any atom is -0.493 e. The largest absolute Gasteiger partial charge is 0.493 e. The molecule has 0 saturated heterocycles. The van der Waals surface area contributed by atoms with Crippen molar-refractivity contribution in [2.75, 3.05) is 19.0 Å². The molecule has 0 radical (unpaired) electrons. The Bertz CT molecular complexity index is 604. The summed E-state index contributed by atoms with van der Waals surface area (Å²) in [6, 6.07) is 8.08. The monoisotopic (exact) mass is 289 g/mol. The van der Waals surface area contributed by atoms with Crippen LogP contribution in [0.15, 0.2) is 28.7 Å². The molecule has 0 saturated carbocycles. The number of rotatable bonds is 6. The van der Waals surface area contributed by atoms with Gasteiger partial charge in [0.15, 0.2) is 11.5 Å². The van der Waals surface area contributed by atoms with Crippen LogP contribution in [0.5, 0.6) is 11.5 Å². The van der Waals surface area contributed by atoms with Crippen LogP contribution in [-0.4, -0.2) is 13.7 Å². The van der Waals surface area contributed by atoms with Crippen molar-refractivity contribution in [2.45, 2.75) is 33.7 Å². The summed E-state index contributed by atoms with van der Waals surface area (Å²) in [7, 11) is 1.64. The van der Waals surface area contributed by atoms with Gasteiger partial charge in [-0.25, -0.2) is 0 Å². The zero-order chi connectivity index (χ0) is 15.4. The topological polar surface area (TPSA) is 43.6 Å². The summed E-state index contributed by atoms with van der Waals surface area (Å²) >= 11 is 0. The third-order valence-corrected chi connectivity index (χ3v) is 3.39. The number of ether oxygens (including phenoxy) is 2. The molecule has 1 aromatic heterocycles. The lowest BCUT2D eigenvalue weighted by atomic mass is 10.1. The Kier molecular flexibility index (Phi) is 4.78. The standard InChI is InChI=1S/C17H23NO3/c1-6-20-17-10-14(7-8-16(17)19-5)18-12(3)15-9-11(2)21-13(15)4/h7-10,12,18H,6H2,1-5H3. The van der Waals surface area contributed by atoms with E-state index in [2.05, 4.69) is 18.3 Å². The molecule has 0 aliphatic rings. The first kappa shape index (κ1) is 15.3. The van der Waals surface area contributed by atoms with Crippen molar-refractivity contribution in [2.24, 2.45) is 0 Å². The fraction of sp³-hybridized carbons (Fsp3) is 0.412. The third-order valence-electron chi connectivity index (χ3n) is 3.39. The molecule has 4 nitrogen and oxygen atoms in total. The predicted octanol–water partition coefficient (Wildman–Crippen LogP) is 4.48. The van der Waals surface area contributed by atoms with Crippen molar-refractivity contribution < 1.29 is 13.9 Å². The Labute approximate surface area is 126 Å².